The van der Waals surface area contributed by atoms with Gasteiger partial charge in [-0.25, -0.2) is 10.3 Å². The van der Waals surface area contributed by atoms with Crippen molar-refractivity contribution in [2.45, 2.75) is 142 Å². The number of carboxylic acid groups (broad SMARTS) is 1. The normalized spacial score (nSPS) is 11.8. The summed E-state index contributed by atoms with van der Waals surface area (Å²) in [5.41, 5.74) is -0.194. The average molecular weight is 645 g/mol. The van der Waals surface area contributed by atoms with Crippen LogP contribution in [0.5, 0.6) is 0 Å². The van der Waals surface area contributed by atoms with Crippen molar-refractivity contribution >= 4 is 46.7 Å². The summed E-state index contributed by atoms with van der Waals surface area (Å²) in [6.45, 7) is 26.6. The monoisotopic (exact) mass is 644 g/mol. The largest absolute Gasteiger partial charge is 0.480 e. The number of nitrogens with one attached hydrogen (secondary N) is 2. The zero-order valence-electron chi connectivity index (χ0n) is 30.3. The number of ketones is 5. The molecule has 0 saturated heterocycles. The second-order valence-corrected chi connectivity index (χ2v) is 14.7. The van der Waals surface area contributed by atoms with Gasteiger partial charge in [-0.15, -0.1) is 0 Å². The van der Waals surface area contributed by atoms with E-state index in [0.29, 0.717) is 18.6 Å². The van der Waals surface area contributed by atoms with E-state index in [0.717, 1.165) is 0 Å². The molecule has 0 fully saturated rings. The summed E-state index contributed by atoms with van der Waals surface area (Å²) in [4.78, 5) is 87.5. The fraction of sp³-hybridized carbons (Fsp3) is 0.758. The van der Waals surface area contributed by atoms with Crippen LogP contribution in [0.4, 0.5) is 0 Å². The van der Waals surface area contributed by atoms with Crippen LogP contribution in [0.1, 0.15) is 136 Å². The van der Waals surface area contributed by atoms with Crippen molar-refractivity contribution < 1.29 is 48.7 Å². The summed E-state index contributed by atoms with van der Waals surface area (Å²) in [6.07, 6.45) is 0.491. The molecule has 0 aliphatic heterocycles. The number of Topliss-reactive ketones (excluding diaryl/α,β-unsaturated/α-hetero) is 5. The molecule has 45 heavy (non-hydrogen) atoms. The second-order valence-electron chi connectivity index (χ2n) is 14.7. The van der Waals surface area contributed by atoms with Gasteiger partial charge in [0.15, 0.2) is 0 Å². The summed E-state index contributed by atoms with van der Waals surface area (Å²) in [7, 11) is 0. The molecule has 262 valence electrons. The van der Waals surface area contributed by atoms with Crippen molar-refractivity contribution in [2.24, 2.45) is 21.7 Å². The highest BCUT2D eigenvalue weighted by atomic mass is 16.5. The summed E-state index contributed by atoms with van der Waals surface area (Å²) in [5, 5.41) is 19.1. The maximum atomic E-state index is 11.5. The Morgan fingerprint density at radius 1 is 0.556 bits per heavy atom. The molecule has 0 rings (SSSR count). The van der Waals surface area contributed by atoms with Crippen molar-refractivity contribution in [3.05, 3.63) is 0 Å². The Hall–Kier alpha value is -3.28. The Labute approximate surface area is 269 Å². The Balaban J connectivity index is -0.000000258. The molecule has 0 saturated carbocycles. The number of amides is 2. The first-order valence-corrected chi connectivity index (χ1v) is 15.0. The minimum Gasteiger partial charge on any atom is -0.480 e. The van der Waals surface area contributed by atoms with Crippen LogP contribution in [0.3, 0.4) is 0 Å². The van der Waals surface area contributed by atoms with Gasteiger partial charge in [-0.05, 0) is 13.3 Å². The van der Waals surface area contributed by atoms with Gasteiger partial charge in [-0.1, -0.05) is 96.9 Å². The number of hydroxylamine groups is 1. The van der Waals surface area contributed by atoms with Crippen LogP contribution in [-0.4, -0.2) is 63.1 Å². The van der Waals surface area contributed by atoms with E-state index in [9.17, 15) is 38.4 Å². The minimum atomic E-state index is -1.08. The lowest BCUT2D eigenvalue weighted by atomic mass is 9.88. The van der Waals surface area contributed by atoms with E-state index in [1.54, 1.807) is 48.5 Å². The first-order valence-electron chi connectivity index (χ1n) is 15.0. The topological polar surface area (TPSA) is 201 Å². The van der Waals surface area contributed by atoms with Gasteiger partial charge in [0.2, 0.25) is 5.91 Å². The summed E-state index contributed by atoms with van der Waals surface area (Å²) < 4.78 is 0. The Morgan fingerprint density at radius 2 is 0.867 bits per heavy atom. The van der Waals surface area contributed by atoms with Crippen molar-refractivity contribution in [1.82, 2.24) is 10.8 Å². The number of rotatable bonds is 10. The van der Waals surface area contributed by atoms with Gasteiger partial charge in [-0.2, -0.15) is 0 Å². The molecule has 12 nitrogen and oxygen atoms in total. The molecular formula is C33H60N2O10. The molecule has 0 aliphatic carbocycles. The van der Waals surface area contributed by atoms with Crippen LogP contribution >= 0.6 is 0 Å². The van der Waals surface area contributed by atoms with Crippen LogP contribution in [0, 0.1) is 21.7 Å². The molecule has 0 aromatic carbocycles. The molecule has 0 aliphatic rings. The number of hydrogen-bond donors (Lipinski definition) is 4. The molecule has 0 aromatic heterocycles. The first-order chi connectivity index (χ1) is 19.9. The SMILES string of the molecule is CC(=O)CC(=O)C(C)(C)C.CC(C)(C)C(=O)CC(=O)NO.CCC(=O)C(C)(C)C.CCC(NC(=O)CC(=O)C(C)(C)C)C(=O)O. The molecule has 1 atom stereocenters. The van der Waals surface area contributed by atoms with Crippen LogP contribution in [0.15, 0.2) is 0 Å². The van der Waals surface area contributed by atoms with Gasteiger partial charge in [-0.3, -0.25) is 38.8 Å². The number of carbonyl (C=O) groups is 8. The van der Waals surface area contributed by atoms with E-state index in [1.807, 2.05) is 48.5 Å². The Morgan fingerprint density at radius 3 is 1.04 bits per heavy atom. The van der Waals surface area contributed by atoms with E-state index in [4.69, 9.17) is 10.3 Å². The lowest BCUT2D eigenvalue weighted by Crippen LogP contribution is -2.41. The van der Waals surface area contributed by atoms with Crippen LogP contribution in [0.2, 0.25) is 0 Å². The Bertz CT molecular complexity index is 1020. The molecule has 0 spiro atoms. The second kappa shape index (κ2) is 21.5. The third-order valence-corrected chi connectivity index (χ3v) is 5.89. The van der Waals surface area contributed by atoms with E-state index in [-0.39, 0.29) is 53.2 Å². The molecule has 0 bridgehead atoms. The molecular weight excluding hydrogens is 584 g/mol. The highest BCUT2D eigenvalue weighted by Gasteiger charge is 2.26. The molecule has 12 heteroatoms. The predicted octanol–water partition coefficient (Wildman–Crippen LogP) is 5.06. The molecule has 0 heterocycles. The number of hydrogen-bond acceptors (Lipinski definition) is 9. The maximum absolute atomic E-state index is 11.5. The van der Waals surface area contributed by atoms with Crippen molar-refractivity contribution in [3.63, 3.8) is 0 Å². The van der Waals surface area contributed by atoms with Crippen molar-refractivity contribution in [2.75, 3.05) is 0 Å². The number of carboxylic acids is 1. The van der Waals surface area contributed by atoms with Crippen LogP contribution < -0.4 is 10.8 Å². The lowest BCUT2D eigenvalue weighted by Gasteiger charge is -2.17. The fourth-order valence-corrected chi connectivity index (χ4v) is 2.47. The molecule has 1 unspecified atom stereocenters. The van der Waals surface area contributed by atoms with E-state index in [1.165, 1.54) is 12.4 Å². The summed E-state index contributed by atoms with van der Waals surface area (Å²) in [6, 6.07) is -0.916. The number of aliphatic carboxylic acids is 1. The van der Waals surface area contributed by atoms with Crippen LogP contribution in [0.25, 0.3) is 0 Å². The van der Waals surface area contributed by atoms with Gasteiger partial charge < -0.3 is 10.4 Å². The summed E-state index contributed by atoms with van der Waals surface area (Å²) in [5.74, 6) is -2.38. The summed E-state index contributed by atoms with van der Waals surface area (Å²) >= 11 is 0. The zero-order valence-corrected chi connectivity index (χ0v) is 30.3. The fourth-order valence-electron chi connectivity index (χ4n) is 2.47. The predicted molar refractivity (Wildman–Crippen MR) is 172 cm³/mol. The van der Waals surface area contributed by atoms with Gasteiger partial charge in [0.1, 0.15) is 35.0 Å². The number of carbonyl (C=O) groups excluding carboxylic acids is 7. The smallest absolute Gasteiger partial charge is 0.326 e. The molecule has 4 N–H and O–H groups in total. The third kappa shape index (κ3) is 28.0. The average Bonchev–Trinajstić information content (AvgIpc) is 2.84. The first kappa shape index (κ1) is 48.6. The van der Waals surface area contributed by atoms with Crippen LogP contribution in [-0.2, 0) is 38.4 Å². The lowest BCUT2D eigenvalue weighted by molar-refractivity contribution is -0.143. The Kier molecular flexibility index (Phi) is 23.2. The molecule has 0 aromatic rings. The standard InChI is InChI=1S/C11H19NO4.C8H14O2.C7H13NO3.C7H14O/c1-5-7(10(15)16)12-9(14)6-8(13)11(2,3)4;1-6(9)5-7(10)8(2,3)4;1-7(2,3)5(9)4-6(10)8-11;1-5-6(8)7(2,3)4/h7H,5-6H2,1-4H3,(H,12,14)(H,15,16);5H2,1-4H3;11H,4H2,1-3H3,(H,8,10);5H2,1-4H3. The zero-order chi connectivity index (χ0) is 37.1. The van der Waals surface area contributed by atoms with Gasteiger partial charge in [0.25, 0.3) is 5.91 Å². The molecule has 0 radical (unpaired) electrons. The maximum Gasteiger partial charge on any atom is 0.326 e. The van der Waals surface area contributed by atoms with E-state index in [2.05, 4.69) is 5.32 Å². The highest BCUT2D eigenvalue weighted by Crippen LogP contribution is 2.18. The quantitative estimate of drug-likeness (QED) is 0.141. The third-order valence-electron chi connectivity index (χ3n) is 5.89. The highest BCUT2D eigenvalue weighted by molar-refractivity contribution is 6.01. The van der Waals surface area contributed by atoms with E-state index < -0.39 is 34.7 Å². The van der Waals surface area contributed by atoms with Gasteiger partial charge >= 0.3 is 5.97 Å². The van der Waals surface area contributed by atoms with Crippen molar-refractivity contribution in [1.29, 1.82) is 0 Å². The van der Waals surface area contributed by atoms with Gasteiger partial charge in [0.05, 0.1) is 19.3 Å². The van der Waals surface area contributed by atoms with Crippen molar-refractivity contribution in [3.8, 4) is 0 Å². The molecule has 2 amide bonds. The minimum absolute atomic E-state index is 0.0139. The van der Waals surface area contributed by atoms with E-state index >= 15 is 0 Å². The van der Waals surface area contributed by atoms with Gasteiger partial charge in [0, 0.05) is 28.1 Å².